The molecule has 0 bridgehead atoms. The van der Waals surface area contributed by atoms with Crippen LogP contribution in [0.2, 0.25) is 0 Å². The van der Waals surface area contributed by atoms with E-state index in [1.807, 2.05) is 0 Å². The monoisotopic (exact) mass is 282 g/mol. The van der Waals surface area contributed by atoms with Crippen LogP contribution in [0.5, 0.6) is 0 Å². The van der Waals surface area contributed by atoms with Crippen molar-refractivity contribution in [2.75, 3.05) is 37.5 Å². The van der Waals surface area contributed by atoms with Crippen molar-refractivity contribution in [2.24, 2.45) is 0 Å². The van der Waals surface area contributed by atoms with Crippen molar-refractivity contribution < 1.29 is 14.3 Å². The number of alkyl halides is 1. The number of ether oxygens (including phenoxy) is 1. The molecule has 102 valence electrons. The Morgan fingerprint density at radius 1 is 1.32 bits per heavy atom. The minimum absolute atomic E-state index is 0.0507. The van der Waals surface area contributed by atoms with Gasteiger partial charge in [0.15, 0.2) is 0 Å². The zero-order valence-corrected chi connectivity index (χ0v) is 11.2. The van der Waals surface area contributed by atoms with Crippen molar-refractivity contribution in [3.63, 3.8) is 0 Å². The summed E-state index contributed by atoms with van der Waals surface area (Å²) in [5, 5.41) is 2.62. The smallest absolute Gasteiger partial charge is 0.254 e. The molecule has 1 fully saturated rings. The summed E-state index contributed by atoms with van der Waals surface area (Å²) in [5.41, 5.74) is 1.12. The summed E-state index contributed by atoms with van der Waals surface area (Å²) in [6.45, 7) is 2.32. The van der Waals surface area contributed by atoms with Crippen molar-refractivity contribution in [2.45, 2.75) is 0 Å². The summed E-state index contributed by atoms with van der Waals surface area (Å²) in [6.07, 6.45) is 0. The molecular formula is C13H15ClN2O3. The van der Waals surface area contributed by atoms with Gasteiger partial charge in [-0.05, 0) is 18.2 Å². The van der Waals surface area contributed by atoms with E-state index in [9.17, 15) is 9.59 Å². The van der Waals surface area contributed by atoms with Gasteiger partial charge in [0.2, 0.25) is 5.91 Å². The molecule has 1 aliphatic rings. The highest BCUT2D eigenvalue weighted by Gasteiger charge is 2.18. The lowest BCUT2D eigenvalue weighted by Gasteiger charge is -2.27. The van der Waals surface area contributed by atoms with Gasteiger partial charge >= 0.3 is 0 Å². The van der Waals surface area contributed by atoms with Gasteiger partial charge in [-0.2, -0.15) is 0 Å². The molecule has 2 amide bonds. The fraction of sp³-hybridized carbons (Fsp3) is 0.385. The second kappa shape index (κ2) is 6.54. The number of hydrogen-bond acceptors (Lipinski definition) is 3. The maximum absolute atomic E-state index is 12.2. The molecule has 1 saturated heterocycles. The normalized spacial score (nSPS) is 15.1. The highest BCUT2D eigenvalue weighted by atomic mass is 35.5. The molecule has 1 heterocycles. The summed E-state index contributed by atoms with van der Waals surface area (Å²) in [7, 11) is 0. The van der Waals surface area contributed by atoms with Gasteiger partial charge in [0, 0.05) is 24.3 Å². The van der Waals surface area contributed by atoms with Gasteiger partial charge in [0.05, 0.1) is 13.2 Å². The number of amides is 2. The molecule has 0 spiro atoms. The summed E-state index contributed by atoms with van der Waals surface area (Å²) in [5.74, 6) is -0.454. The number of carbonyl (C=O) groups is 2. The van der Waals surface area contributed by atoms with Crippen LogP contribution in [0, 0.1) is 0 Å². The number of morpholine rings is 1. The molecule has 6 heteroatoms. The number of halogens is 1. The van der Waals surface area contributed by atoms with E-state index in [-0.39, 0.29) is 17.7 Å². The van der Waals surface area contributed by atoms with Crippen LogP contribution in [0.15, 0.2) is 24.3 Å². The van der Waals surface area contributed by atoms with Gasteiger partial charge in [-0.3, -0.25) is 9.59 Å². The predicted molar refractivity (Wildman–Crippen MR) is 72.5 cm³/mol. The third kappa shape index (κ3) is 3.68. The molecule has 1 aliphatic heterocycles. The Kier molecular flexibility index (Phi) is 4.76. The molecule has 1 aromatic carbocycles. The SMILES string of the molecule is O=C(CCl)Nc1cccc(C(=O)N2CCOCC2)c1. The third-order valence-electron chi connectivity index (χ3n) is 2.81. The number of nitrogens with one attached hydrogen (secondary N) is 1. The topological polar surface area (TPSA) is 58.6 Å². The fourth-order valence-corrected chi connectivity index (χ4v) is 1.94. The molecule has 1 aromatic rings. The maximum Gasteiger partial charge on any atom is 0.254 e. The minimum atomic E-state index is -0.294. The van der Waals surface area contributed by atoms with E-state index in [1.165, 1.54) is 0 Å². The molecule has 0 saturated carbocycles. The first kappa shape index (κ1) is 13.8. The fourth-order valence-electron chi connectivity index (χ4n) is 1.87. The summed E-state index contributed by atoms with van der Waals surface area (Å²) in [4.78, 5) is 25.2. The Morgan fingerprint density at radius 2 is 2.05 bits per heavy atom. The number of nitrogens with zero attached hydrogens (tertiary/aromatic N) is 1. The Balaban J connectivity index is 2.09. The summed E-state index contributed by atoms with van der Waals surface area (Å²) >= 11 is 5.42. The van der Waals surface area contributed by atoms with E-state index in [0.29, 0.717) is 37.6 Å². The van der Waals surface area contributed by atoms with Crippen molar-refractivity contribution in [3.05, 3.63) is 29.8 Å². The van der Waals surface area contributed by atoms with E-state index in [2.05, 4.69) is 5.32 Å². The molecule has 2 rings (SSSR count). The average Bonchev–Trinajstić information content (AvgIpc) is 2.47. The van der Waals surface area contributed by atoms with E-state index in [1.54, 1.807) is 29.2 Å². The molecule has 1 N–H and O–H groups in total. The van der Waals surface area contributed by atoms with Crippen LogP contribution in [0.25, 0.3) is 0 Å². The number of hydrogen-bond donors (Lipinski definition) is 1. The molecule has 0 aliphatic carbocycles. The molecule has 19 heavy (non-hydrogen) atoms. The van der Waals surface area contributed by atoms with Crippen LogP contribution >= 0.6 is 11.6 Å². The Labute approximate surface area is 116 Å². The van der Waals surface area contributed by atoms with Gasteiger partial charge in [-0.15, -0.1) is 11.6 Å². The first-order valence-corrected chi connectivity index (χ1v) is 6.57. The third-order valence-corrected chi connectivity index (χ3v) is 3.06. The Hall–Kier alpha value is -1.59. The largest absolute Gasteiger partial charge is 0.378 e. The Bertz CT molecular complexity index is 473. The molecular weight excluding hydrogens is 268 g/mol. The van der Waals surface area contributed by atoms with Crippen molar-refractivity contribution in [1.82, 2.24) is 4.90 Å². The van der Waals surface area contributed by atoms with Crippen LogP contribution in [0.3, 0.4) is 0 Å². The second-order valence-corrected chi connectivity index (χ2v) is 4.43. The van der Waals surface area contributed by atoms with Crippen LogP contribution in [0.4, 0.5) is 5.69 Å². The van der Waals surface area contributed by atoms with E-state index in [4.69, 9.17) is 16.3 Å². The minimum Gasteiger partial charge on any atom is -0.378 e. The van der Waals surface area contributed by atoms with Crippen LogP contribution in [0.1, 0.15) is 10.4 Å². The van der Waals surface area contributed by atoms with Gasteiger partial charge in [-0.25, -0.2) is 0 Å². The zero-order valence-electron chi connectivity index (χ0n) is 10.4. The van der Waals surface area contributed by atoms with Crippen molar-refractivity contribution in [1.29, 1.82) is 0 Å². The van der Waals surface area contributed by atoms with Gasteiger partial charge in [0.1, 0.15) is 5.88 Å². The molecule has 5 nitrogen and oxygen atoms in total. The van der Waals surface area contributed by atoms with Crippen LogP contribution < -0.4 is 5.32 Å². The summed E-state index contributed by atoms with van der Waals surface area (Å²) < 4.78 is 5.21. The van der Waals surface area contributed by atoms with Gasteiger partial charge in [-0.1, -0.05) is 6.07 Å². The highest BCUT2D eigenvalue weighted by molar-refractivity contribution is 6.29. The molecule has 0 atom stereocenters. The van der Waals surface area contributed by atoms with E-state index >= 15 is 0 Å². The maximum atomic E-state index is 12.2. The number of benzene rings is 1. The number of carbonyl (C=O) groups excluding carboxylic acids is 2. The van der Waals surface area contributed by atoms with Gasteiger partial charge < -0.3 is 15.0 Å². The first-order valence-electron chi connectivity index (χ1n) is 6.03. The lowest BCUT2D eigenvalue weighted by molar-refractivity contribution is -0.113. The molecule has 0 unspecified atom stereocenters. The number of rotatable bonds is 3. The molecule has 0 radical (unpaired) electrons. The lowest BCUT2D eigenvalue weighted by Crippen LogP contribution is -2.40. The number of anilines is 1. The van der Waals surface area contributed by atoms with E-state index in [0.717, 1.165) is 0 Å². The lowest BCUT2D eigenvalue weighted by atomic mass is 10.1. The average molecular weight is 283 g/mol. The Morgan fingerprint density at radius 3 is 2.74 bits per heavy atom. The highest BCUT2D eigenvalue weighted by Crippen LogP contribution is 2.13. The van der Waals surface area contributed by atoms with Crippen molar-refractivity contribution >= 4 is 29.1 Å². The van der Waals surface area contributed by atoms with Crippen LogP contribution in [-0.4, -0.2) is 48.9 Å². The standard InChI is InChI=1S/C13H15ClN2O3/c14-9-12(17)15-11-3-1-2-10(8-11)13(18)16-4-6-19-7-5-16/h1-3,8H,4-7,9H2,(H,15,17). The van der Waals surface area contributed by atoms with Crippen molar-refractivity contribution in [3.8, 4) is 0 Å². The van der Waals surface area contributed by atoms with Gasteiger partial charge in [0.25, 0.3) is 5.91 Å². The quantitative estimate of drug-likeness (QED) is 0.851. The zero-order chi connectivity index (χ0) is 13.7. The summed E-state index contributed by atoms with van der Waals surface area (Å²) in [6, 6.07) is 6.84. The van der Waals surface area contributed by atoms with E-state index < -0.39 is 0 Å². The predicted octanol–water partition coefficient (Wildman–Crippen LogP) is 1.34. The molecule has 0 aromatic heterocycles. The van der Waals surface area contributed by atoms with Crippen LogP contribution in [-0.2, 0) is 9.53 Å². The second-order valence-electron chi connectivity index (χ2n) is 4.17. The first-order chi connectivity index (χ1) is 9.20.